The summed E-state index contributed by atoms with van der Waals surface area (Å²) in [5.74, 6) is 0.602. The summed E-state index contributed by atoms with van der Waals surface area (Å²) in [6, 6.07) is 11.8. The van der Waals surface area contributed by atoms with Crippen LogP contribution < -0.4 is 16.4 Å². The predicted octanol–water partition coefficient (Wildman–Crippen LogP) is 4.62. The highest BCUT2D eigenvalue weighted by Crippen LogP contribution is 2.38. The Morgan fingerprint density at radius 2 is 1.83 bits per heavy atom. The Kier molecular flexibility index (Phi) is 5.40. The van der Waals surface area contributed by atoms with Crippen LogP contribution in [0.15, 0.2) is 42.5 Å². The van der Waals surface area contributed by atoms with Crippen LogP contribution >= 0.6 is 11.6 Å². The first kappa shape index (κ1) is 19.3. The highest BCUT2D eigenvalue weighted by atomic mass is 35.5. The number of aromatic amines is 1. The van der Waals surface area contributed by atoms with E-state index in [1.165, 1.54) is 0 Å². The van der Waals surface area contributed by atoms with Gasteiger partial charge in [-0.1, -0.05) is 30.5 Å². The van der Waals surface area contributed by atoms with E-state index in [-0.39, 0.29) is 17.7 Å². The monoisotopic (exact) mass is 411 g/mol. The molecule has 1 aliphatic rings. The smallest absolute Gasteiger partial charge is 0.316 e. The zero-order valence-electron chi connectivity index (χ0n) is 15.7. The number of rotatable bonds is 4. The van der Waals surface area contributed by atoms with Gasteiger partial charge in [-0.25, -0.2) is 9.78 Å². The molecule has 0 radical (unpaired) electrons. The highest BCUT2D eigenvalue weighted by Gasteiger charge is 2.34. The minimum atomic E-state index is -0.647. The lowest BCUT2D eigenvalue weighted by Gasteiger charge is -2.29. The maximum atomic E-state index is 13.1. The molecule has 0 spiro atoms. The molecule has 7 nitrogen and oxygen atoms in total. The first-order chi connectivity index (χ1) is 14.0. The Labute approximate surface area is 173 Å². The van der Waals surface area contributed by atoms with E-state index in [0.29, 0.717) is 16.4 Å². The number of hydrogen-bond donors (Lipinski definition) is 4. The fraction of sp³-hybridized carbons (Fsp3) is 0.286. The Morgan fingerprint density at radius 3 is 2.62 bits per heavy atom. The molecule has 1 aromatic heterocycles. The van der Waals surface area contributed by atoms with E-state index >= 15 is 0 Å². The maximum Gasteiger partial charge on any atom is 0.316 e. The summed E-state index contributed by atoms with van der Waals surface area (Å²) in [5.41, 5.74) is 8.03. The lowest BCUT2D eigenvalue weighted by molar-refractivity contribution is -0.121. The summed E-state index contributed by atoms with van der Waals surface area (Å²) < 4.78 is 0. The van der Waals surface area contributed by atoms with E-state index in [1.54, 1.807) is 24.3 Å². The van der Waals surface area contributed by atoms with Crippen LogP contribution in [0, 0.1) is 5.92 Å². The van der Waals surface area contributed by atoms with Crippen LogP contribution in [-0.4, -0.2) is 21.9 Å². The first-order valence-electron chi connectivity index (χ1n) is 9.62. The van der Waals surface area contributed by atoms with Gasteiger partial charge in [-0.2, -0.15) is 0 Å². The molecule has 1 aliphatic carbocycles. The van der Waals surface area contributed by atoms with Gasteiger partial charge >= 0.3 is 6.03 Å². The molecule has 5 N–H and O–H groups in total. The van der Waals surface area contributed by atoms with Gasteiger partial charge in [-0.15, -0.1) is 0 Å². The number of amides is 3. The van der Waals surface area contributed by atoms with Crippen LogP contribution in [0.3, 0.4) is 0 Å². The summed E-state index contributed by atoms with van der Waals surface area (Å²) in [7, 11) is 0. The van der Waals surface area contributed by atoms with Crippen LogP contribution in [0.1, 0.15) is 37.4 Å². The van der Waals surface area contributed by atoms with Gasteiger partial charge in [0.1, 0.15) is 5.82 Å². The van der Waals surface area contributed by atoms with E-state index in [1.807, 2.05) is 18.2 Å². The minimum absolute atomic E-state index is 0.0156. The lowest BCUT2D eigenvalue weighted by Crippen LogP contribution is -2.31. The molecule has 2 atom stereocenters. The third-order valence-corrected chi connectivity index (χ3v) is 5.55. The van der Waals surface area contributed by atoms with E-state index in [4.69, 9.17) is 22.3 Å². The van der Waals surface area contributed by atoms with Crippen molar-refractivity contribution in [1.29, 1.82) is 0 Å². The number of carbonyl (C=O) groups excluding carboxylic acids is 2. The second kappa shape index (κ2) is 8.13. The number of imidazole rings is 1. The molecule has 1 heterocycles. The van der Waals surface area contributed by atoms with E-state index in [9.17, 15) is 9.59 Å². The molecular formula is C21H22ClN5O2. The normalized spacial score (nSPS) is 19.1. The summed E-state index contributed by atoms with van der Waals surface area (Å²) in [6.07, 6.45) is 3.76. The molecule has 0 unspecified atom stereocenters. The second-order valence-corrected chi connectivity index (χ2v) is 7.78. The van der Waals surface area contributed by atoms with Crippen LogP contribution in [0.2, 0.25) is 5.02 Å². The number of H-pyrrole nitrogens is 1. The number of fused-ring (bicyclic) bond motifs is 1. The molecular weight excluding hydrogens is 390 g/mol. The van der Waals surface area contributed by atoms with E-state index in [0.717, 1.165) is 42.5 Å². The van der Waals surface area contributed by atoms with Gasteiger partial charge in [0.05, 0.1) is 11.0 Å². The third-order valence-electron chi connectivity index (χ3n) is 5.31. The van der Waals surface area contributed by atoms with Crippen molar-refractivity contribution < 1.29 is 9.59 Å². The lowest BCUT2D eigenvalue weighted by atomic mass is 9.78. The molecule has 1 fully saturated rings. The highest BCUT2D eigenvalue weighted by molar-refractivity contribution is 6.31. The number of halogens is 1. The number of aromatic nitrogens is 2. The summed E-state index contributed by atoms with van der Waals surface area (Å²) in [6.45, 7) is 0. The van der Waals surface area contributed by atoms with Crippen molar-refractivity contribution in [2.45, 2.75) is 31.6 Å². The van der Waals surface area contributed by atoms with Gasteiger partial charge in [-0.05, 0) is 49.2 Å². The van der Waals surface area contributed by atoms with Crippen molar-refractivity contribution in [3.05, 3.63) is 53.3 Å². The molecule has 0 bridgehead atoms. The van der Waals surface area contributed by atoms with Gasteiger partial charge in [0.15, 0.2) is 0 Å². The molecule has 0 aliphatic heterocycles. The van der Waals surface area contributed by atoms with Crippen LogP contribution in [0.4, 0.5) is 16.2 Å². The molecule has 3 amide bonds. The van der Waals surface area contributed by atoms with Crippen molar-refractivity contribution in [3.63, 3.8) is 0 Å². The second-order valence-electron chi connectivity index (χ2n) is 7.34. The summed E-state index contributed by atoms with van der Waals surface area (Å²) in [4.78, 5) is 32.2. The Hall–Kier alpha value is -3.06. The predicted molar refractivity (Wildman–Crippen MR) is 114 cm³/mol. The molecule has 2 aromatic carbocycles. The Morgan fingerprint density at radius 1 is 1.07 bits per heavy atom. The minimum Gasteiger partial charge on any atom is -0.351 e. The molecule has 3 aromatic rings. The van der Waals surface area contributed by atoms with Gasteiger partial charge in [-0.3, -0.25) is 4.79 Å². The van der Waals surface area contributed by atoms with Crippen LogP contribution in [0.5, 0.6) is 0 Å². The Balaban J connectivity index is 1.55. The molecule has 150 valence electrons. The fourth-order valence-corrected chi connectivity index (χ4v) is 4.17. The summed E-state index contributed by atoms with van der Waals surface area (Å²) in [5, 5.41) is 6.14. The third kappa shape index (κ3) is 4.35. The van der Waals surface area contributed by atoms with Crippen molar-refractivity contribution in [3.8, 4) is 0 Å². The molecule has 1 saturated carbocycles. The van der Waals surface area contributed by atoms with Crippen LogP contribution in [0.25, 0.3) is 11.0 Å². The van der Waals surface area contributed by atoms with E-state index < -0.39 is 6.03 Å². The average molecular weight is 412 g/mol. The zero-order chi connectivity index (χ0) is 20.4. The number of urea groups is 1. The largest absolute Gasteiger partial charge is 0.351 e. The number of anilines is 2. The fourth-order valence-electron chi connectivity index (χ4n) is 4.00. The Bertz CT molecular complexity index is 1060. The molecule has 0 saturated heterocycles. The van der Waals surface area contributed by atoms with Crippen molar-refractivity contribution in [2.75, 3.05) is 10.6 Å². The van der Waals surface area contributed by atoms with Gasteiger partial charge < -0.3 is 21.4 Å². The van der Waals surface area contributed by atoms with Crippen molar-refractivity contribution in [1.82, 2.24) is 9.97 Å². The van der Waals surface area contributed by atoms with Gasteiger partial charge in [0.25, 0.3) is 0 Å². The number of nitrogens with one attached hydrogen (secondary N) is 3. The van der Waals surface area contributed by atoms with Crippen LogP contribution in [-0.2, 0) is 4.79 Å². The number of primary amides is 1. The topological polar surface area (TPSA) is 113 Å². The molecule has 4 rings (SSSR count). The number of benzene rings is 2. The standard InChI is InChI=1S/C21H22ClN5O2/c22-12-8-9-17-18(10-12)27-19(26-17)15-6-1-2-7-16(15)20(28)24-13-4-3-5-14(11-13)25-21(23)29/h3-5,8-11,15-16H,1-2,6-7H2,(H,24,28)(H,26,27)(H3,23,25,29)/t15-,16+/m1/s1. The SMILES string of the molecule is NC(=O)Nc1cccc(NC(=O)[C@H]2CCCC[C@H]2c2nc3ccc(Cl)cc3[nH]2)c1. The molecule has 8 heteroatoms. The van der Waals surface area contributed by atoms with Crippen molar-refractivity contribution in [2.24, 2.45) is 11.7 Å². The maximum absolute atomic E-state index is 13.1. The van der Waals surface area contributed by atoms with E-state index in [2.05, 4.69) is 15.6 Å². The number of hydrogen-bond acceptors (Lipinski definition) is 3. The van der Waals surface area contributed by atoms with Crippen molar-refractivity contribution >= 4 is 45.9 Å². The van der Waals surface area contributed by atoms with Gasteiger partial charge in [0.2, 0.25) is 5.91 Å². The quantitative estimate of drug-likeness (QED) is 0.502. The molecule has 29 heavy (non-hydrogen) atoms. The zero-order valence-corrected chi connectivity index (χ0v) is 16.5. The average Bonchev–Trinajstić information content (AvgIpc) is 3.10. The first-order valence-corrected chi connectivity index (χ1v) is 10.00. The summed E-state index contributed by atoms with van der Waals surface area (Å²) >= 11 is 6.08. The number of carbonyl (C=O) groups is 2. The van der Waals surface area contributed by atoms with Gasteiger partial charge in [0, 0.05) is 28.2 Å². The number of nitrogens with two attached hydrogens (primary N) is 1. The number of nitrogens with zero attached hydrogens (tertiary/aromatic N) is 1.